The predicted molar refractivity (Wildman–Crippen MR) is 150 cm³/mol. The molecule has 2 aliphatic carbocycles. The SMILES string of the molecule is CCOC/C=C\C=C(/CCCC(=O)OCC)[C@@H](C)OCC(O)CNC(C)(C)CC1CC2=C(CCC=C2)C1. The quantitative estimate of drug-likeness (QED) is 0.136. The highest BCUT2D eigenvalue weighted by atomic mass is 16.5. The molecule has 2 aliphatic rings. The fourth-order valence-electron chi connectivity index (χ4n) is 5.22. The topological polar surface area (TPSA) is 77.0 Å². The molecule has 0 saturated heterocycles. The second-order valence-electron chi connectivity index (χ2n) is 10.9. The smallest absolute Gasteiger partial charge is 0.305 e. The molecule has 0 bridgehead atoms. The lowest BCUT2D eigenvalue weighted by molar-refractivity contribution is -0.143. The standard InChI is InChI=1S/C31H51NO5/c1-6-35-18-11-10-13-26(16-12-17-30(34)36-7-2)24(3)37-23-29(33)22-32-31(4,5)21-25-19-27-14-8-9-15-28(27)20-25/h8,10-11,13-14,24-25,29,32-33H,6-7,9,12,15-23H2,1-5H3/b11-10-,26-13+/t24-,25?,29?/m1/s1. The normalized spacial score (nSPS) is 19.9. The third-order valence-corrected chi connectivity index (χ3v) is 7.12. The maximum Gasteiger partial charge on any atom is 0.305 e. The van der Waals surface area contributed by atoms with Crippen LogP contribution in [-0.4, -0.2) is 61.8 Å². The first-order valence-electron chi connectivity index (χ1n) is 14.2. The highest BCUT2D eigenvalue weighted by Crippen LogP contribution is 2.40. The van der Waals surface area contributed by atoms with Gasteiger partial charge in [-0.2, -0.15) is 0 Å². The summed E-state index contributed by atoms with van der Waals surface area (Å²) in [5, 5.41) is 14.2. The third-order valence-electron chi connectivity index (χ3n) is 7.12. The third kappa shape index (κ3) is 12.6. The molecule has 0 heterocycles. The van der Waals surface area contributed by atoms with Crippen LogP contribution in [0.2, 0.25) is 0 Å². The second kappa shape index (κ2) is 17.0. The van der Waals surface area contributed by atoms with E-state index in [9.17, 15) is 9.90 Å². The highest BCUT2D eigenvalue weighted by Gasteiger charge is 2.29. The number of aliphatic hydroxyl groups is 1. The average Bonchev–Trinajstić information content (AvgIpc) is 3.26. The van der Waals surface area contributed by atoms with Crippen molar-refractivity contribution in [2.24, 2.45) is 5.92 Å². The maximum atomic E-state index is 11.7. The monoisotopic (exact) mass is 517 g/mol. The Morgan fingerprint density at radius 1 is 1.24 bits per heavy atom. The zero-order valence-electron chi connectivity index (χ0n) is 23.9. The molecule has 210 valence electrons. The Morgan fingerprint density at radius 3 is 2.78 bits per heavy atom. The lowest BCUT2D eigenvalue weighted by Gasteiger charge is -2.31. The molecule has 2 rings (SSSR count). The number of carbonyl (C=O) groups excluding carboxylic acids is 1. The Morgan fingerprint density at radius 2 is 2.05 bits per heavy atom. The summed E-state index contributed by atoms with van der Waals surface area (Å²) < 4.78 is 16.5. The molecule has 6 heteroatoms. The van der Waals surface area contributed by atoms with Crippen LogP contribution in [-0.2, 0) is 19.0 Å². The number of hydrogen-bond acceptors (Lipinski definition) is 6. The molecule has 0 amide bonds. The molecule has 6 nitrogen and oxygen atoms in total. The zero-order valence-corrected chi connectivity index (χ0v) is 23.9. The van der Waals surface area contributed by atoms with Gasteiger partial charge in [0, 0.05) is 25.1 Å². The van der Waals surface area contributed by atoms with E-state index in [4.69, 9.17) is 14.2 Å². The van der Waals surface area contributed by atoms with Crippen LogP contribution in [0.15, 0.2) is 47.1 Å². The van der Waals surface area contributed by atoms with Crippen molar-refractivity contribution in [1.82, 2.24) is 5.32 Å². The molecule has 0 spiro atoms. The van der Waals surface area contributed by atoms with Gasteiger partial charge in [0.1, 0.15) is 0 Å². The van der Waals surface area contributed by atoms with Crippen LogP contribution in [0, 0.1) is 5.92 Å². The summed E-state index contributed by atoms with van der Waals surface area (Å²) in [6.07, 6.45) is 17.6. The average molecular weight is 518 g/mol. The van der Waals surface area contributed by atoms with E-state index < -0.39 is 6.10 Å². The molecule has 0 aliphatic heterocycles. The minimum Gasteiger partial charge on any atom is -0.466 e. The van der Waals surface area contributed by atoms with E-state index in [1.807, 2.05) is 39.0 Å². The van der Waals surface area contributed by atoms with Crippen molar-refractivity contribution in [3.63, 3.8) is 0 Å². The van der Waals surface area contributed by atoms with Gasteiger partial charge < -0.3 is 24.6 Å². The predicted octanol–water partition coefficient (Wildman–Crippen LogP) is 5.82. The molecule has 0 saturated carbocycles. The number of allylic oxidation sites excluding steroid dienone is 6. The van der Waals surface area contributed by atoms with Gasteiger partial charge in [-0.1, -0.05) is 36.0 Å². The Labute approximate surface area is 225 Å². The molecule has 0 aromatic heterocycles. The summed E-state index contributed by atoms with van der Waals surface area (Å²) in [6.45, 7) is 12.7. The number of esters is 1. The highest BCUT2D eigenvalue weighted by molar-refractivity contribution is 5.69. The van der Waals surface area contributed by atoms with E-state index in [-0.39, 0.29) is 24.2 Å². The molecular formula is C31H51NO5. The summed E-state index contributed by atoms with van der Waals surface area (Å²) in [4.78, 5) is 11.7. The second-order valence-corrected chi connectivity index (χ2v) is 10.9. The van der Waals surface area contributed by atoms with Crippen molar-refractivity contribution >= 4 is 5.97 Å². The first-order chi connectivity index (χ1) is 17.7. The summed E-state index contributed by atoms with van der Waals surface area (Å²) in [5.74, 6) is 0.512. The van der Waals surface area contributed by atoms with Gasteiger partial charge in [0.15, 0.2) is 0 Å². The van der Waals surface area contributed by atoms with Crippen LogP contribution in [0.3, 0.4) is 0 Å². The van der Waals surface area contributed by atoms with Crippen LogP contribution in [0.25, 0.3) is 0 Å². The first kappa shape index (κ1) is 31.5. The maximum absolute atomic E-state index is 11.7. The van der Waals surface area contributed by atoms with Gasteiger partial charge in [0.05, 0.1) is 32.0 Å². The minimum atomic E-state index is -0.589. The number of β-amino-alcohol motifs (C(OH)–C–C–N with tert-alkyl or cyclic N) is 1. The Balaban J connectivity index is 1.77. The van der Waals surface area contributed by atoms with Crippen LogP contribution < -0.4 is 5.32 Å². The van der Waals surface area contributed by atoms with Crippen LogP contribution in [0.5, 0.6) is 0 Å². The largest absolute Gasteiger partial charge is 0.466 e. The van der Waals surface area contributed by atoms with Crippen molar-refractivity contribution in [3.8, 4) is 0 Å². The summed E-state index contributed by atoms with van der Waals surface area (Å²) in [6, 6.07) is 0. The van der Waals surface area contributed by atoms with Gasteiger partial charge in [0.25, 0.3) is 0 Å². The molecule has 0 radical (unpaired) electrons. The van der Waals surface area contributed by atoms with Gasteiger partial charge in [0.2, 0.25) is 0 Å². The summed E-state index contributed by atoms with van der Waals surface area (Å²) in [7, 11) is 0. The number of hydrogen-bond donors (Lipinski definition) is 2. The lowest BCUT2D eigenvalue weighted by atomic mass is 9.88. The van der Waals surface area contributed by atoms with Crippen molar-refractivity contribution in [2.45, 2.75) is 104 Å². The summed E-state index contributed by atoms with van der Waals surface area (Å²) in [5.41, 5.74) is 4.27. The van der Waals surface area contributed by atoms with E-state index >= 15 is 0 Å². The Bertz CT molecular complexity index is 810. The van der Waals surface area contributed by atoms with E-state index in [2.05, 4.69) is 31.3 Å². The van der Waals surface area contributed by atoms with Crippen LogP contribution in [0.1, 0.15) is 86.0 Å². The molecule has 0 aromatic carbocycles. The number of ether oxygens (including phenoxy) is 3. The molecule has 2 unspecified atom stereocenters. The number of rotatable bonds is 18. The Kier molecular flexibility index (Phi) is 14.4. The van der Waals surface area contributed by atoms with E-state index in [1.165, 1.54) is 25.7 Å². The minimum absolute atomic E-state index is 0.0426. The van der Waals surface area contributed by atoms with Crippen molar-refractivity contribution in [1.29, 1.82) is 0 Å². The fourth-order valence-corrected chi connectivity index (χ4v) is 5.22. The van der Waals surface area contributed by atoms with Crippen molar-refractivity contribution in [2.75, 3.05) is 33.0 Å². The molecule has 0 aromatic rings. The van der Waals surface area contributed by atoms with Crippen LogP contribution in [0.4, 0.5) is 0 Å². The van der Waals surface area contributed by atoms with E-state index in [0.29, 0.717) is 45.1 Å². The van der Waals surface area contributed by atoms with Gasteiger partial charge in [-0.3, -0.25) is 4.79 Å². The van der Waals surface area contributed by atoms with Gasteiger partial charge in [-0.05, 0) is 96.6 Å². The molecule has 37 heavy (non-hydrogen) atoms. The van der Waals surface area contributed by atoms with Crippen molar-refractivity contribution in [3.05, 3.63) is 47.1 Å². The molecular weight excluding hydrogens is 466 g/mol. The Hall–Kier alpha value is -1.73. The van der Waals surface area contributed by atoms with E-state index in [1.54, 1.807) is 11.1 Å². The van der Waals surface area contributed by atoms with Crippen LogP contribution >= 0.6 is 0 Å². The first-order valence-corrected chi connectivity index (χ1v) is 14.2. The number of carbonyl (C=O) groups is 1. The molecule has 0 fully saturated rings. The zero-order chi connectivity index (χ0) is 27.1. The van der Waals surface area contributed by atoms with Gasteiger partial charge in [-0.15, -0.1) is 0 Å². The molecule has 3 atom stereocenters. The van der Waals surface area contributed by atoms with Gasteiger partial charge >= 0.3 is 5.97 Å². The van der Waals surface area contributed by atoms with E-state index in [0.717, 1.165) is 18.4 Å². The number of nitrogens with one attached hydrogen (secondary N) is 1. The molecule has 2 N–H and O–H groups in total. The summed E-state index contributed by atoms with van der Waals surface area (Å²) >= 11 is 0. The van der Waals surface area contributed by atoms with Gasteiger partial charge in [-0.25, -0.2) is 0 Å². The van der Waals surface area contributed by atoms with Crippen molar-refractivity contribution < 1.29 is 24.1 Å². The fraction of sp³-hybridized carbons (Fsp3) is 0.710. The number of aliphatic hydroxyl groups excluding tert-OH is 1. The lowest BCUT2D eigenvalue weighted by Crippen LogP contribution is -2.45.